The van der Waals surface area contributed by atoms with E-state index in [0.29, 0.717) is 0 Å². The van der Waals surface area contributed by atoms with Crippen LogP contribution in [0.3, 0.4) is 0 Å². The molecule has 1 aromatic carbocycles. The molecule has 44 valence electrons. The van der Waals surface area contributed by atoms with Gasteiger partial charge in [-0.25, -0.2) is 0 Å². The molecule has 0 amide bonds. The molecule has 0 fully saturated rings. The van der Waals surface area contributed by atoms with Crippen molar-refractivity contribution in [3.05, 3.63) is 30.3 Å². The van der Waals surface area contributed by atoms with Crippen molar-refractivity contribution >= 4 is 43.4 Å². The summed E-state index contributed by atoms with van der Waals surface area (Å²) in [6.07, 6.45) is 0. The zero-order valence-corrected chi connectivity index (χ0v) is 5.89. The first kappa shape index (κ1) is 9.65. The van der Waals surface area contributed by atoms with Gasteiger partial charge in [0.1, 0.15) is 0 Å². The number of benzene rings is 1. The molecule has 0 aliphatic rings. The van der Waals surface area contributed by atoms with Crippen LogP contribution in [0.2, 0.25) is 0 Å². The van der Waals surface area contributed by atoms with Crippen molar-refractivity contribution in [2.24, 2.45) is 0 Å². The number of hydrogen-bond acceptors (Lipinski definition) is 0. The van der Waals surface area contributed by atoms with E-state index in [1.807, 2.05) is 6.07 Å². The quantitative estimate of drug-likeness (QED) is 0.411. The zero-order chi connectivity index (χ0) is 5.82. The van der Waals surface area contributed by atoms with Crippen molar-refractivity contribution in [3.63, 3.8) is 0 Å². The van der Waals surface area contributed by atoms with E-state index >= 15 is 0 Å². The second kappa shape index (κ2) is 5.44. The van der Waals surface area contributed by atoms with Gasteiger partial charge in [-0.2, -0.15) is 0 Å². The second-order valence-electron chi connectivity index (χ2n) is 1.62. The molecular formula is C7H10NaP. The molecule has 2 heteroatoms. The summed E-state index contributed by atoms with van der Waals surface area (Å²) in [5.41, 5.74) is 0. The molecule has 0 spiro atoms. The van der Waals surface area contributed by atoms with Crippen LogP contribution in [0.15, 0.2) is 30.3 Å². The molecule has 0 saturated heterocycles. The van der Waals surface area contributed by atoms with Crippen LogP contribution >= 0.6 is 8.58 Å². The van der Waals surface area contributed by atoms with Gasteiger partial charge >= 0.3 is 29.6 Å². The van der Waals surface area contributed by atoms with Crippen LogP contribution in [0.1, 0.15) is 0 Å². The molecule has 1 atom stereocenters. The topological polar surface area (TPSA) is 0 Å². The van der Waals surface area contributed by atoms with Gasteiger partial charge < -0.3 is 0 Å². The standard InChI is InChI=1S/C7H9P.Na.H/c1-8-7-5-3-2-4-6-7;;/h2-6,8H,1H3;;. The fourth-order valence-electron chi connectivity index (χ4n) is 0.605. The normalized spacial score (nSPS) is 9.44. The molecule has 0 aromatic heterocycles. The van der Waals surface area contributed by atoms with E-state index < -0.39 is 0 Å². The van der Waals surface area contributed by atoms with E-state index in [2.05, 4.69) is 30.9 Å². The summed E-state index contributed by atoms with van der Waals surface area (Å²) < 4.78 is 0. The van der Waals surface area contributed by atoms with Gasteiger partial charge in [-0.1, -0.05) is 38.9 Å². The van der Waals surface area contributed by atoms with E-state index in [1.54, 1.807) is 0 Å². The van der Waals surface area contributed by atoms with Gasteiger partial charge in [0.25, 0.3) is 0 Å². The first-order valence-electron chi connectivity index (χ1n) is 2.66. The van der Waals surface area contributed by atoms with Gasteiger partial charge in [-0.3, -0.25) is 0 Å². The zero-order valence-electron chi connectivity index (χ0n) is 4.89. The predicted octanol–water partition coefficient (Wildman–Crippen LogP) is 0.972. The monoisotopic (exact) mass is 148 g/mol. The second-order valence-corrected chi connectivity index (χ2v) is 2.69. The van der Waals surface area contributed by atoms with Crippen molar-refractivity contribution in [1.82, 2.24) is 0 Å². The molecule has 0 saturated carbocycles. The molecule has 1 rings (SSSR count). The Bertz CT molecular complexity index is 150. The average Bonchev–Trinajstić information content (AvgIpc) is 1.90. The van der Waals surface area contributed by atoms with Crippen LogP contribution in [0.4, 0.5) is 0 Å². The third kappa shape index (κ3) is 3.37. The Morgan fingerprint density at radius 2 is 1.67 bits per heavy atom. The Kier molecular flexibility index (Phi) is 5.83. The van der Waals surface area contributed by atoms with Crippen LogP contribution in [-0.4, -0.2) is 36.2 Å². The Morgan fingerprint density at radius 3 is 2.00 bits per heavy atom. The predicted molar refractivity (Wildman–Crippen MR) is 47.5 cm³/mol. The summed E-state index contributed by atoms with van der Waals surface area (Å²) >= 11 is 0. The molecule has 0 aliphatic heterocycles. The molecule has 9 heavy (non-hydrogen) atoms. The molecule has 1 aromatic rings. The number of rotatable bonds is 1. The Hall–Kier alpha value is 0.650. The van der Waals surface area contributed by atoms with E-state index in [0.717, 1.165) is 8.58 Å². The summed E-state index contributed by atoms with van der Waals surface area (Å²) in [5.74, 6) is 0. The maximum absolute atomic E-state index is 2.19. The summed E-state index contributed by atoms with van der Waals surface area (Å²) in [6, 6.07) is 10.5. The fourth-order valence-corrected chi connectivity index (χ4v) is 1.13. The molecule has 0 aliphatic carbocycles. The Labute approximate surface area is 80.1 Å². The van der Waals surface area contributed by atoms with Crippen LogP contribution in [0.25, 0.3) is 0 Å². The van der Waals surface area contributed by atoms with Crippen molar-refractivity contribution in [3.8, 4) is 0 Å². The first-order valence-corrected chi connectivity index (χ1v) is 4.16. The number of hydrogen-bond donors (Lipinski definition) is 0. The van der Waals surface area contributed by atoms with Gasteiger partial charge in [-0.15, -0.1) is 0 Å². The van der Waals surface area contributed by atoms with E-state index in [4.69, 9.17) is 0 Å². The van der Waals surface area contributed by atoms with E-state index in [1.165, 1.54) is 5.30 Å². The maximum atomic E-state index is 2.19. The summed E-state index contributed by atoms with van der Waals surface area (Å²) in [7, 11) is 0.930. The van der Waals surface area contributed by atoms with Crippen molar-refractivity contribution < 1.29 is 0 Å². The van der Waals surface area contributed by atoms with Gasteiger partial charge in [0.2, 0.25) is 0 Å². The minimum atomic E-state index is 0. The van der Waals surface area contributed by atoms with Crippen molar-refractivity contribution in [2.75, 3.05) is 6.66 Å². The third-order valence-electron chi connectivity index (χ3n) is 1.06. The van der Waals surface area contributed by atoms with Gasteiger partial charge in [0.05, 0.1) is 0 Å². The van der Waals surface area contributed by atoms with Crippen molar-refractivity contribution in [1.29, 1.82) is 0 Å². The summed E-state index contributed by atoms with van der Waals surface area (Å²) in [4.78, 5) is 0. The summed E-state index contributed by atoms with van der Waals surface area (Å²) in [6.45, 7) is 2.19. The molecule has 0 radical (unpaired) electrons. The van der Waals surface area contributed by atoms with Crippen LogP contribution < -0.4 is 5.30 Å². The van der Waals surface area contributed by atoms with Crippen LogP contribution in [-0.2, 0) is 0 Å². The molecule has 0 nitrogen and oxygen atoms in total. The fraction of sp³-hybridized carbons (Fsp3) is 0.143. The Morgan fingerprint density at radius 1 is 1.11 bits per heavy atom. The molecule has 0 bridgehead atoms. The third-order valence-corrected chi connectivity index (χ3v) is 1.97. The van der Waals surface area contributed by atoms with Gasteiger partial charge in [-0.05, 0) is 12.0 Å². The van der Waals surface area contributed by atoms with E-state index in [9.17, 15) is 0 Å². The SMILES string of the molecule is CPc1ccccc1.[NaH]. The summed E-state index contributed by atoms with van der Waals surface area (Å²) in [5, 5.41) is 1.44. The van der Waals surface area contributed by atoms with Gasteiger partial charge in [0.15, 0.2) is 0 Å². The van der Waals surface area contributed by atoms with Crippen molar-refractivity contribution in [2.45, 2.75) is 0 Å². The minimum absolute atomic E-state index is 0. The molecule has 1 unspecified atom stereocenters. The Balaban J connectivity index is 0.000000640. The van der Waals surface area contributed by atoms with E-state index in [-0.39, 0.29) is 29.6 Å². The first-order chi connectivity index (χ1) is 3.93. The van der Waals surface area contributed by atoms with Gasteiger partial charge in [0, 0.05) is 0 Å². The van der Waals surface area contributed by atoms with Crippen LogP contribution in [0, 0.1) is 0 Å². The average molecular weight is 148 g/mol. The molecular weight excluding hydrogens is 138 g/mol. The molecule has 0 heterocycles. The molecule has 0 N–H and O–H groups in total. The van der Waals surface area contributed by atoms with Crippen LogP contribution in [0.5, 0.6) is 0 Å².